The van der Waals surface area contributed by atoms with Gasteiger partial charge in [-0.3, -0.25) is 4.79 Å². The highest BCUT2D eigenvalue weighted by Gasteiger charge is 2.07. The van der Waals surface area contributed by atoms with Gasteiger partial charge in [0, 0.05) is 6.42 Å². The van der Waals surface area contributed by atoms with Crippen LogP contribution in [-0.4, -0.2) is 13.1 Å². The summed E-state index contributed by atoms with van der Waals surface area (Å²) < 4.78 is 4.61. The molecule has 0 aromatic heterocycles. The predicted octanol–water partition coefficient (Wildman–Crippen LogP) is 5.58. The molecule has 0 spiro atoms. The molecule has 1 atom stereocenters. The molecule has 1 aliphatic carbocycles. The van der Waals surface area contributed by atoms with Crippen molar-refractivity contribution in [1.82, 2.24) is 0 Å². The van der Waals surface area contributed by atoms with Crippen molar-refractivity contribution in [2.24, 2.45) is 5.92 Å². The van der Waals surface area contributed by atoms with Crippen LogP contribution >= 0.6 is 0 Å². The number of esters is 1. The molecular weight excluding hydrogens is 260 g/mol. The summed E-state index contributed by atoms with van der Waals surface area (Å²) >= 11 is 0. The third kappa shape index (κ3) is 10.3. The van der Waals surface area contributed by atoms with Crippen molar-refractivity contribution in [2.75, 3.05) is 7.11 Å². The van der Waals surface area contributed by atoms with E-state index in [4.69, 9.17) is 0 Å². The maximum atomic E-state index is 10.9. The molecule has 1 rings (SSSR count). The molecule has 1 aliphatic rings. The molecule has 0 N–H and O–H groups in total. The lowest BCUT2D eigenvalue weighted by Gasteiger charge is -2.06. The van der Waals surface area contributed by atoms with E-state index in [2.05, 4.69) is 29.0 Å². The summed E-state index contributed by atoms with van der Waals surface area (Å²) in [7, 11) is 1.45. The zero-order chi connectivity index (χ0) is 15.2. The van der Waals surface area contributed by atoms with Crippen LogP contribution < -0.4 is 0 Å². The minimum absolute atomic E-state index is 0.0907. The number of carbonyl (C=O) groups excluding carboxylic acids is 1. The van der Waals surface area contributed by atoms with Gasteiger partial charge < -0.3 is 4.74 Å². The Kier molecular flexibility index (Phi) is 10.9. The van der Waals surface area contributed by atoms with Crippen LogP contribution in [0.2, 0.25) is 0 Å². The van der Waals surface area contributed by atoms with E-state index in [0.717, 1.165) is 25.2 Å². The molecule has 0 saturated heterocycles. The molecule has 2 nitrogen and oxygen atoms in total. The van der Waals surface area contributed by atoms with Gasteiger partial charge in [-0.2, -0.15) is 0 Å². The topological polar surface area (TPSA) is 26.3 Å². The predicted molar refractivity (Wildman–Crippen MR) is 89.2 cm³/mol. The van der Waals surface area contributed by atoms with E-state index in [1.54, 1.807) is 0 Å². The van der Waals surface area contributed by atoms with Crippen molar-refractivity contribution in [3.8, 4) is 0 Å². The van der Waals surface area contributed by atoms with Gasteiger partial charge in [-0.15, -0.1) is 0 Å². The third-order valence-electron chi connectivity index (χ3n) is 4.20. The van der Waals surface area contributed by atoms with Gasteiger partial charge in [0.15, 0.2) is 0 Å². The number of hydrogen-bond donors (Lipinski definition) is 0. The number of unbranched alkanes of at least 4 members (excludes halogenated alkanes) is 6. The first-order valence-electron chi connectivity index (χ1n) is 8.71. The first-order valence-corrected chi connectivity index (χ1v) is 8.71. The second-order valence-corrected chi connectivity index (χ2v) is 6.05. The standard InChI is InChI=1S/C19H32O2/c1-21-19(20)17-11-9-7-5-3-2-4-6-8-10-14-18-15-12-13-16-18/h3,5,12,15,18H,2,4,6-11,13-14,16-17H2,1H3/b5-3-. The van der Waals surface area contributed by atoms with Crippen molar-refractivity contribution < 1.29 is 9.53 Å². The highest BCUT2D eigenvalue weighted by Crippen LogP contribution is 2.23. The maximum absolute atomic E-state index is 10.9. The minimum Gasteiger partial charge on any atom is -0.469 e. The number of hydrogen-bond acceptors (Lipinski definition) is 2. The van der Waals surface area contributed by atoms with Gasteiger partial charge in [-0.1, -0.05) is 43.6 Å². The largest absolute Gasteiger partial charge is 0.469 e. The SMILES string of the molecule is COC(=O)CCCC/C=C\CCCCCCC1C=CCC1. The van der Waals surface area contributed by atoms with Gasteiger partial charge in [-0.25, -0.2) is 0 Å². The van der Waals surface area contributed by atoms with E-state index in [9.17, 15) is 4.79 Å². The van der Waals surface area contributed by atoms with Crippen molar-refractivity contribution in [2.45, 2.75) is 77.0 Å². The molecule has 0 aliphatic heterocycles. The van der Waals surface area contributed by atoms with Crippen LogP contribution in [0.15, 0.2) is 24.3 Å². The van der Waals surface area contributed by atoms with E-state index in [1.165, 1.54) is 58.5 Å². The average Bonchev–Trinajstić information content (AvgIpc) is 3.01. The molecule has 0 fully saturated rings. The quantitative estimate of drug-likeness (QED) is 0.266. The van der Waals surface area contributed by atoms with Crippen molar-refractivity contribution in [1.29, 1.82) is 0 Å². The third-order valence-corrected chi connectivity index (χ3v) is 4.20. The zero-order valence-electron chi connectivity index (χ0n) is 13.7. The summed E-state index contributed by atoms with van der Waals surface area (Å²) in [6, 6.07) is 0. The molecule has 120 valence electrons. The molecule has 2 heteroatoms. The fourth-order valence-corrected chi connectivity index (χ4v) is 2.83. The van der Waals surface area contributed by atoms with Crippen molar-refractivity contribution in [3.05, 3.63) is 24.3 Å². The lowest BCUT2D eigenvalue weighted by molar-refractivity contribution is -0.140. The van der Waals surface area contributed by atoms with Crippen LogP contribution in [0.4, 0.5) is 0 Å². The molecule has 0 amide bonds. The number of methoxy groups -OCH3 is 1. The number of ether oxygens (including phenoxy) is 1. The monoisotopic (exact) mass is 292 g/mol. The van der Waals surface area contributed by atoms with E-state index < -0.39 is 0 Å². The lowest BCUT2D eigenvalue weighted by atomic mass is 10.00. The molecule has 0 saturated carbocycles. The zero-order valence-corrected chi connectivity index (χ0v) is 13.7. The van der Waals surface area contributed by atoms with Crippen LogP contribution in [0.1, 0.15) is 77.0 Å². The van der Waals surface area contributed by atoms with Crippen molar-refractivity contribution >= 4 is 5.97 Å². The summed E-state index contributed by atoms with van der Waals surface area (Å²) in [4.78, 5) is 10.9. The number of rotatable bonds is 12. The molecule has 0 bridgehead atoms. The molecule has 1 unspecified atom stereocenters. The lowest BCUT2D eigenvalue weighted by Crippen LogP contribution is -1.98. The Morgan fingerprint density at radius 1 is 1.10 bits per heavy atom. The minimum atomic E-state index is -0.0907. The molecule has 0 aromatic rings. The summed E-state index contributed by atoms with van der Waals surface area (Å²) in [6.07, 6.45) is 23.7. The Morgan fingerprint density at radius 2 is 1.81 bits per heavy atom. The molecule has 0 aromatic carbocycles. The normalized spacial score (nSPS) is 17.7. The second-order valence-electron chi connectivity index (χ2n) is 6.05. The van der Waals surface area contributed by atoms with E-state index in [1.807, 2.05) is 0 Å². The smallest absolute Gasteiger partial charge is 0.305 e. The Balaban J connectivity index is 1.78. The van der Waals surface area contributed by atoms with Gasteiger partial charge in [0.1, 0.15) is 0 Å². The first kappa shape index (κ1) is 18.0. The summed E-state index contributed by atoms with van der Waals surface area (Å²) in [5.41, 5.74) is 0. The van der Waals surface area contributed by atoms with Gasteiger partial charge in [-0.05, 0) is 57.3 Å². The molecule has 0 heterocycles. The van der Waals surface area contributed by atoms with Gasteiger partial charge >= 0.3 is 5.97 Å². The fourth-order valence-electron chi connectivity index (χ4n) is 2.83. The van der Waals surface area contributed by atoms with Crippen LogP contribution in [0.25, 0.3) is 0 Å². The van der Waals surface area contributed by atoms with Gasteiger partial charge in [0.2, 0.25) is 0 Å². The number of allylic oxidation sites excluding steroid dienone is 4. The van der Waals surface area contributed by atoms with Gasteiger partial charge in [0.05, 0.1) is 7.11 Å². The van der Waals surface area contributed by atoms with Crippen LogP contribution in [0.3, 0.4) is 0 Å². The fraction of sp³-hybridized carbons (Fsp3) is 0.737. The summed E-state index contributed by atoms with van der Waals surface area (Å²) in [5, 5.41) is 0. The Labute approximate surface area is 130 Å². The van der Waals surface area contributed by atoms with E-state index in [0.29, 0.717) is 6.42 Å². The summed E-state index contributed by atoms with van der Waals surface area (Å²) in [6.45, 7) is 0. The second kappa shape index (κ2) is 12.7. The van der Waals surface area contributed by atoms with Crippen LogP contribution in [0, 0.1) is 5.92 Å². The molecule has 21 heavy (non-hydrogen) atoms. The Hall–Kier alpha value is -1.05. The van der Waals surface area contributed by atoms with Crippen LogP contribution in [0.5, 0.6) is 0 Å². The van der Waals surface area contributed by atoms with Crippen LogP contribution in [-0.2, 0) is 9.53 Å². The average molecular weight is 292 g/mol. The summed E-state index contributed by atoms with van der Waals surface area (Å²) in [5.74, 6) is 0.793. The van der Waals surface area contributed by atoms with Crippen molar-refractivity contribution in [3.63, 3.8) is 0 Å². The highest BCUT2D eigenvalue weighted by molar-refractivity contribution is 5.68. The molecule has 0 radical (unpaired) electrons. The van der Waals surface area contributed by atoms with E-state index >= 15 is 0 Å². The Morgan fingerprint density at radius 3 is 2.48 bits per heavy atom. The molecular formula is C19H32O2. The number of carbonyl (C=O) groups is 1. The maximum Gasteiger partial charge on any atom is 0.305 e. The Bertz CT molecular complexity index is 318. The van der Waals surface area contributed by atoms with E-state index in [-0.39, 0.29) is 5.97 Å². The highest BCUT2D eigenvalue weighted by atomic mass is 16.5. The first-order chi connectivity index (χ1) is 10.3. The van der Waals surface area contributed by atoms with Gasteiger partial charge in [0.25, 0.3) is 0 Å².